The first-order valence-corrected chi connectivity index (χ1v) is 8.47. The zero-order valence-electron chi connectivity index (χ0n) is 11.8. The minimum Gasteiger partial charge on any atom is -0.494 e. The molecule has 0 bridgehead atoms. The number of nitrogens with two attached hydrogens (primary N) is 1. The Balaban J connectivity index is 1.82. The Morgan fingerprint density at radius 3 is 2.60 bits per heavy atom. The molecular weight excluding hydrogens is 276 g/mol. The Labute approximate surface area is 120 Å². The first-order chi connectivity index (χ1) is 9.47. The Morgan fingerprint density at radius 1 is 1.30 bits per heavy atom. The lowest BCUT2D eigenvalue weighted by molar-refractivity contribution is 0.153. The molecule has 0 saturated carbocycles. The third-order valence-electron chi connectivity index (χ3n) is 3.79. The van der Waals surface area contributed by atoms with Gasteiger partial charge in [0.2, 0.25) is 10.0 Å². The van der Waals surface area contributed by atoms with Crippen molar-refractivity contribution in [1.29, 1.82) is 0 Å². The molecule has 20 heavy (non-hydrogen) atoms. The molecule has 1 aromatic carbocycles. The zero-order chi connectivity index (χ0) is 14.6. The van der Waals surface area contributed by atoms with Gasteiger partial charge in [-0.15, -0.1) is 0 Å². The molecule has 1 aromatic rings. The fourth-order valence-corrected chi connectivity index (χ4v) is 3.06. The molecule has 112 valence electrons. The molecule has 1 unspecified atom stereocenters. The second-order valence-corrected chi connectivity index (χ2v) is 6.85. The first kappa shape index (κ1) is 15.3. The van der Waals surface area contributed by atoms with Crippen LogP contribution in [0.2, 0.25) is 0 Å². The highest BCUT2D eigenvalue weighted by atomic mass is 32.2. The van der Waals surface area contributed by atoms with Crippen LogP contribution >= 0.6 is 0 Å². The van der Waals surface area contributed by atoms with Gasteiger partial charge in [0.15, 0.2) is 0 Å². The third kappa shape index (κ3) is 4.19. The Bertz CT molecular complexity index is 528. The summed E-state index contributed by atoms with van der Waals surface area (Å²) in [5, 5.41) is 5.05. The minimum absolute atomic E-state index is 0.108. The lowest BCUT2D eigenvalue weighted by Gasteiger charge is -2.32. The number of piperidine rings is 1. The molecule has 0 aromatic heterocycles. The monoisotopic (exact) mass is 298 g/mol. The number of benzene rings is 1. The Morgan fingerprint density at radius 2 is 2.00 bits per heavy atom. The van der Waals surface area contributed by atoms with Crippen LogP contribution in [0.3, 0.4) is 0 Å². The second kappa shape index (κ2) is 6.56. The average Bonchev–Trinajstić information content (AvgIpc) is 2.40. The average molecular weight is 298 g/mol. The van der Waals surface area contributed by atoms with Crippen molar-refractivity contribution in [3.8, 4) is 5.75 Å². The number of rotatable bonds is 5. The largest absolute Gasteiger partial charge is 0.494 e. The highest BCUT2D eigenvalue weighted by molar-refractivity contribution is 7.89. The summed E-state index contributed by atoms with van der Waals surface area (Å²) in [5.74, 6) is 0.677. The summed E-state index contributed by atoms with van der Waals surface area (Å²) in [6, 6.07) is 6.82. The lowest BCUT2D eigenvalue weighted by atomic mass is 10.0. The van der Waals surface area contributed by atoms with Crippen LogP contribution in [0.5, 0.6) is 5.75 Å². The molecule has 1 aliphatic rings. The van der Waals surface area contributed by atoms with Crippen molar-refractivity contribution in [2.24, 2.45) is 5.14 Å². The van der Waals surface area contributed by atoms with Gasteiger partial charge < -0.3 is 9.64 Å². The van der Waals surface area contributed by atoms with Crippen LogP contribution in [-0.2, 0) is 10.0 Å². The molecule has 0 amide bonds. The number of likely N-dealkylation sites (tertiary alicyclic amines) is 1. The normalized spacial score (nSPS) is 20.8. The summed E-state index contributed by atoms with van der Waals surface area (Å²) in [6.45, 7) is 1.80. The van der Waals surface area contributed by atoms with E-state index in [1.165, 1.54) is 31.4 Å². The van der Waals surface area contributed by atoms with Crippen molar-refractivity contribution in [3.05, 3.63) is 24.3 Å². The zero-order valence-corrected chi connectivity index (χ0v) is 12.6. The smallest absolute Gasteiger partial charge is 0.238 e. The third-order valence-corrected chi connectivity index (χ3v) is 4.72. The van der Waals surface area contributed by atoms with Crippen LogP contribution in [0.25, 0.3) is 0 Å². The minimum atomic E-state index is -3.63. The second-order valence-electron chi connectivity index (χ2n) is 5.28. The highest BCUT2D eigenvalue weighted by Gasteiger charge is 2.18. The van der Waals surface area contributed by atoms with E-state index in [0.717, 1.165) is 13.0 Å². The SMILES string of the molecule is CN1CCCCC1CCOc1ccc(S(N)(=O)=O)cc1. The van der Waals surface area contributed by atoms with Gasteiger partial charge in [0.05, 0.1) is 11.5 Å². The van der Waals surface area contributed by atoms with Gasteiger partial charge in [-0.2, -0.15) is 0 Å². The van der Waals surface area contributed by atoms with Gasteiger partial charge >= 0.3 is 0 Å². The topological polar surface area (TPSA) is 72.6 Å². The molecule has 1 aliphatic heterocycles. The molecule has 0 spiro atoms. The van der Waals surface area contributed by atoms with Crippen molar-refractivity contribution in [2.45, 2.75) is 36.6 Å². The van der Waals surface area contributed by atoms with Crippen molar-refractivity contribution < 1.29 is 13.2 Å². The van der Waals surface area contributed by atoms with Crippen LogP contribution in [0.15, 0.2) is 29.2 Å². The summed E-state index contributed by atoms with van der Waals surface area (Å²) >= 11 is 0. The standard InChI is InChI=1S/C14H22N2O3S/c1-16-10-3-2-4-12(16)9-11-19-13-5-7-14(8-6-13)20(15,17)18/h5-8,12H,2-4,9-11H2,1H3,(H2,15,17,18). The van der Waals surface area contributed by atoms with E-state index in [9.17, 15) is 8.42 Å². The van der Waals surface area contributed by atoms with Gasteiger partial charge in [-0.05, 0) is 57.1 Å². The summed E-state index contributed by atoms with van der Waals surface area (Å²) in [5.41, 5.74) is 0. The fraction of sp³-hybridized carbons (Fsp3) is 0.571. The van der Waals surface area contributed by atoms with Gasteiger partial charge in [-0.25, -0.2) is 13.6 Å². The molecule has 0 aliphatic carbocycles. The number of primary sulfonamides is 1. The van der Waals surface area contributed by atoms with Gasteiger partial charge in [-0.1, -0.05) is 6.42 Å². The predicted octanol–water partition coefficient (Wildman–Crippen LogP) is 1.59. The highest BCUT2D eigenvalue weighted by Crippen LogP contribution is 2.19. The van der Waals surface area contributed by atoms with Crippen molar-refractivity contribution in [3.63, 3.8) is 0 Å². The van der Waals surface area contributed by atoms with E-state index >= 15 is 0 Å². The number of hydrogen-bond donors (Lipinski definition) is 1. The van der Waals surface area contributed by atoms with Gasteiger partial charge in [0.25, 0.3) is 0 Å². The van der Waals surface area contributed by atoms with Crippen LogP contribution < -0.4 is 9.88 Å². The van der Waals surface area contributed by atoms with E-state index < -0.39 is 10.0 Å². The molecule has 0 radical (unpaired) electrons. The molecule has 5 nitrogen and oxygen atoms in total. The number of sulfonamides is 1. The van der Waals surface area contributed by atoms with Crippen LogP contribution in [0.1, 0.15) is 25.7 Å². The van der Waals surface area contributed by atoms with Gasteiger partial charge in [0, 0.05) is 6.04 Å². The Kier molecular flexibility index (Phi) is 5.01. The van der Waals surface area contributed by atoms with E-state index in [2.05, 4.69) is 11.9 Å². The van der Waals surface area contributed by atoms with E-state index in [4.69, 9.17) is 9.88 Å². The quantitative estimate of drug-likeness (QED) is 0.896. The van der Waals surface area contributed by atoms with E-state index in [-0.39, 0.29) is 4.90 Å². The number of nitrogens with zero attached hydrogens (tertiary/aromatic N) is 1. The predicted molar refractivity (Wildman–Crippen MR) is 78.2 cm³/mol. The maximum atomic E-state index is 11.1. The summed E-state index contributed by atoms with van der Waals surface area (Å²) in [7, 11) is -1.47. The van der Waals surface area contributed by atoms with Gasteiger partial charge in [-0.3, -0.25) is 0 Å². The molecule has 1 fully saturated rings. The molecular formula is C14H22N2O3S. The van der Waals surface area contributed by atoms with Crippen molar-refractivity contribution in [1.82, 2.24) is 4.90 Å². The lowest BCUT2D eigenvalue weighted by Crippen LogP contribution is -2.37. The summed E-state index contributed by atoms with van der Waals surface area (Å²) in [6.07, 6.45) is 4.79. The maximum Gasteiger partial charge on any atom is 0.238 e. The maximum absolute atomic E-state index is 11.1. The summed E-state index contributed by atoms with van der Waals surface area (Å²) < 4.78 is 27.9. The van der Waals surface area contributed by atoms with E-state index in [1.807, 2.05) is 0 Å². The van der Waals surface area contributed by atoms with Crippen LogP contribution in [0.4, 0.5) is 0 Å². The molecule has 1 heterocycles. The van der Waals surface area contributed by atoms with Crippen molar-refractivity contribution in [2.75, 3.05) is 20.2 Å². The van der Waals surface area contributed by atoms with E-state index in [1.54, 1.807) is 12.1 Å². The molecule has 1 saturated heterocycles. The van der Waals surface area contributed by atoms with Crippen LogP contribution in [0, 0.1) is 0 Å². The fourth-order valence-electron chi connectivity index (χ4n) is 2.55. The summed E-state index contributed by atoms with van der Waals surface area (Å²) in [4.78, 5) is 2.49. The number of hydrogen-bond acceptors (Lipinski definition) is 4. The van der Waals surface area contributed by atoms with Gasteiger partial charge in [0.1, 0.15) is 5.75 Å². The molecule has 6 heteroatoms. The molecule has 1 atom stereocenters. The van der Waals surface area contributed by atoms with E-state index in [0.29, 0.717) is 18.4 Å². The van der Waals surface area contributed by atoms with Crippen LogP contribution in [-0.4, -0.2) is 39.6 Å². The number of ether oxygens (including phenoxy) is 1. The van der Waals surface area contributed by atoms with Crippen molar-refractivity contribution >= 4 is 10.0 Å². The Hall–Kier alpha value is -1.11. The molecule has 2 rings (SSSR count). The molecule has 2 N–H and O–H groups in total. The first-order valence-electron chi connectivity index (χ1n) is 6.93.